The Balaban J connectivity index is 1.97. The quantitative estimate of drug-likeness (QED) is 0.922. The zero-order valence-corrected chi connectivity index (χ0v) is 11.2. The largest absolute Gasteiger partial charge is 0.381 e. The summed E-state index contributed by atoms with van der Waals surface area (Å²) >= 11 is 5.83. The Morgan fingerprint density at radius 3 is 2.89 bits per heavy atom. The van der Waals surface area contributed by atoms with Crippen molar-refractivity contribution in [2.24, 2.45) is 5.92 Å². The molecule has 0 aliphatic carbocycles. The molecular formula is C13H15ClFN3O. The molecule has 1 aliphatic heterocycles. The minimum Gasteiger partial charge on any atom is -0.381 e. The summed E-state index contributed by atoms with van der Waals surface area (Å²) in [5.74, 6) is 0.449. The lowest BCUT2D eigenvalue weighted by Crippen LogP contribution is -2.21. The summed E-state index contributed by atoms with van der Waals surface area (Å²) in [6.07, 6.45) is 2.02. The molecule has 2 aromatic rings. The molecule has 0 bridgehead atoms. The molecule has 1 aromatic carbocycles. The topological polar surface area (TPSA) is 53.1 Å². The second kappa shape index (κ2) is 4.98. The highest BCUT2D eigenvalue weighted by Crippen LogP contribution is 2.27. The van der Waals surface area contributed by atoms with Crippen molar-refractivity contribution in [3.63, 3.8) is 0 Å². The highest BCUT2D eigenvalue weighted by Gasteiger charge is 2.18. The van der Waals surface area contributed by atoms with Gasteiger partial charge in [0.2, 0.25) is 5.95 Å². The number of aromatic nitrogens is 2. The van der Waals surface area contributed by atoms with E-state index in [1.54, 1.807) is 6.07 Å². The van der Waals surface area contributed by atoms with Gasteiger partial charge in [-0.3, -0.25) is 0 Å². The molecule has 102 valence electrons. The van der Waals surface area contributed by atoms with Gasteiger partial charge in [0.15, 0.2) is 0 Å². The number of ether oxygens (including phenoxy) is 1. The van der Waals surface area contributed by atoms with E-state index in [0.29, 0.717) is 17.4 Å². The van der Waals surface area contributed by atoms with Crippen molar-refractivity contribution in [2.75, 3.05) is 18.9 Å². The molecule has 1 saturated heterocycles. The number of nitrogens with zero attached hydrogens (tertiary/aromatic N) is 2. The number of imidazole rings is 1. The SMILES string of the molecule is Nc1nc2cc(F)c(Cl)cc2n1CC1CCOCC1. The molecule has 1 aliphatic rings. The Morgan fingerprint density at radius 2 is 2.16 bits per heavy atom. The molecular weight excluding hydrogens is 269 g/mol. The predicted molar refractivity (Wildman–Crippen MR) is 72.7 cm³/mol. The molecule has 2 heterocycles. The van der Waals surface area contributed by atoms with Gasteiger partial charge >= 0.3 is 0 Å². The van der Waals surface area contributed by atoms with Gasteiger partial charge in [-0.25, -0.2) is 9.37 Å². The molecule has 4 nitrogen and oxygen atoms in total. The second-order valence-electron chi connectivity index (χ2n) is 4.89. The summed E-state index contributed by atoms with van der Waals surface area (Å²) in [6.45, 7) is 2.34. The molecule has 1 aromatic heterocycles. The summed E-state index contributed by atoms with van der Waals surface area (Å²) in [6, 6.07) is 2.92. The molecule has 3 rings (SSSR count). The Morgan fingerprint density at radius 1 is 1.42 bits per heavy atom. The number of anilines is 1. The van der Waals surface area contributed by atoms with Crippen LogP contribution in [0.5, 0.6) is 0 Å². The molecule has 0 amide bonds. The number of rotatable bonds is 2. The van der Waals surface area contributed by atoms with Gasteiger partial charge in [0.1, 0.15) is 5.82 Å². The lowest BCUT2D eigenvalue weighted by Gasteiger charge is -2.23. The molecule has 0 spiro atoms. The minimum absolute atomic E-state index is 0.0978. The van der Waals surface area contributed by atoms with Crippen LogP contribution < -0.4 is 5.73 Å². The molecule has 1 fully saturated rings. The highest BCUT2D eigenvalue weighted by atomic mass is 35.5. The van der Waals surface area contributed by atoms with Crippen molar-refractivity contribution in [2.45, 2.75) is 19.4 Å². The summed E-state index contributed by atoms with van der Waals surface area (Å²) < 4.78 is 20.7. The van der Waals surface area contributed by atoms with Gasteiger partial charge in [-0.05, 0) is 24.8 Å². The average molecular weight is 284 g/mol. The summed E-state index contributed by atoms with van der Waals surface area (Å²) in [7, 11) is 0. The van der Waals surface area contributed by atoms with E-state index in [-0.39, 0.29) is 5.02 Å². The smallest absolute Gasteiger partial charge is 0.201 e. The van der Waals surface area contributed by atoms with Crippen molar-refractivity contribution < 1.29 is 9.13 Å². The molecule has 2 N–H and O–H groups in total. The van der Waals surface area contributed by atoms with Crippen molar-refractivity contribution in [1.82, 2.24) is 9.55 Å². The Labute approximate surface area is 115 Å². The number of hydrogen-bond donors (Lipinski definition) is 1. The van der Waals surface area contributed by atoms with E-state index >= 15 is 0 Å². The third kappa shape index (κ3) is 2.40. The normalized spacial score (nSPS) is 17.2. The second-order valence-corrected chi connectivity index (χ2v) is 5.30. The fourth-order valence-electron chi connectivity index (χ4n) is 2.52. The van der Waals surface area contributed by atoms with E-state index in [1.165, 1.54) is 6.07 Å². The molecule has 0 atom stereocenters. The number of nitrogens with two attached hydrogens (primary N) is 1. The third-order valence-electron chi connectivity index (χ3n) is 3.60. The molecule has 0 unspecified atom stereocenters. The first kappa shape index (κ1) is 12.7. The van der Waals surface area contributed by atoms with Crippen LogP contribution in [0.1, 0.15) is 12.8 Å². The molecule has 19 heavy (non-hydrogen) atoms. The third-order valence-corrected chi connectivity index (χ3v) is 3.89. The maximum atomic E-state index is 13.4. The minimum atomic E-state index is -0.468. The lowest BCUT2D eigenvalue weighted by molar-refractivity contribution is 0.0618. The van der Waals surface area contributed by atoms with Crippen LogP contribution in [0.15, 0.2) is 12.1 Å². The van der Waals surface area contributed by atoms with Gasteiger partial charge < -0.3 is 15.0 Å². The number of hydrogen-bond acceptors (Lipinski definition) is 3. The summed E-state index contributed by atoms with van der Waals surface area (Å²) in [5, 5.41) is 0.0978. The first-order valence-corrected chi connectivity index (χ1v) is 6.71. The number of fused-ring (bicyclic) bond motifs is 1. The van der Waals surface area contributed by atoms with Crippen molar-refractivity contribution in [3.8, 4) is 0 Å². The van der Waals surface area contributed by atoms with Crippen LogP contribution in [0.25, 0.3) is 11.0 Å². The Bertz CT molecular complexity index is 607. The van der Waals surface area contributed by atoms with Gasteiger partial charge in [0.05, 0.1) is 16.1 Å². The maximum absolute atomic E-state index is 13.4. The van der Waals surface area contributed by atoms with Crippen LogP contribution >= 0.6 is 11.6 Å². The number of halogens is 2. The first-order valence-electron chi connectivity index (χ1n) is 6.33. The van der Waals surface area contributed by atoms with Crippen LogP contribution in [0.4, 0.5) is 10.3 Å². The van der Waals surface area contributed by atoms with E-state index < -0.39 is 5.82 Å². The van der Waals surface area contributed by atoms with E-state index in [4.69, 9.17) is 22.1 Å². The number of nitrogen functional groups attached to an aromatic ring is 1. The van der Waals surface area contributed by atoms with Crippen LogP contribution in [0.2, 0.25) is 5.02 Å². The van der Waals surface area contributed by atoms with E-state index in [1.807, 2.05) is 4.57 Å². The van der Waals surface area contributed by atoms with Crippen LogP contribution in [-0.2, 0) is 11.3 Å². The maximum Gasteiger partial charge on any atom is 0.201 e. The van der Waals surface area contributed by atoms with Crippen molar-refractivity contribution in [1.29, 1.82) is 0 Å². The lowest BCUT2D eigenvalue weighted by atomic mass is 10.0. The van der Waals surface area contributed by atoms with E-state index in [9.17, 15) is 4.39 Å². The molecule has 0 radical (unpaired) electrons. The fourth-order valence-corrected chi connectivity index (χ4v) is 2.68. The van der Waals surface area contributed by atoms with Gasteiger partial charge in [-0.1, -0.05) is 11.6 Å². The van der Waals surface area contributed by atoms with Crippen LogP contribution in [-0.4, -0.2) is 22.8 Å². The van der Waals surface area contributed by atoms with Crippen LogP contribution in [0.3, 0.4) is 0 Å². The zero-order valence-electron chi connectivity index (χ0n) is 10.4. The van der Waals surface area contributed by atoms with Gasteiger partial charge in [0.25, 0.3) is 0 Å². The van der Waals surface area contributed by atoms with E-state index in [0.717, 1.165) is 38.1 Å². The van der Waals surface area contributed by atoms with Gasteiger partial charge in [-0.2, -0.15) is 0 Å². The Hall–Kier alpha value is -1.33. The van der Waals surface area contributed by atoms with Gasteiger partial charge in [-0.15, -0.1) is 0 Å². The molecule has 0 saturated carbocycles. The van der Waals surface area contributed by atoms with Crippen molar-refractivity contribution in [3.05, 3.63) is 23.0 Å². The first-order chi connectivity index (χ1) is 9.15. The summed E-state index contributed by atoms with van der Waals surface area (Å²) in [5.41, 5.74) is 7.26. The van der Waals surface area contributed by atoms with Crippen LogP contribution in [0, 0.1) is 11.7 Å². The van der Waals surface area contributed by atoms with Crippen molar-refractivity contribution >= 4 is 28.6 Å². The standard InChI is InChI=1S/C13H15ClFN3O/c14-9-5-12-11(6-10(9)15)17-13(16)18(12)7-8-1-3-19-4-2-8/h5-6,8H,1-4,7H2,(H2,16,17). The monoisotopic (exact) mass is 283 g/mol. The van der Waals surface area contributed by atoms with E-state index in [2.05, 4.69) is 4.98 Å². The Kier molecular flexibility index (Phi) is 3.33. The summed E-state index contributed by atoms with van der Waals surface area (Å²) in [4.78, 5) is 4.19. The number of benzene rings is 1. The average Bonchev–Trinajstić information content (AvgIpc) is 2.68. The highest BCUT2D eigenvalue weighted by molar-refractivity contribution is 6.31. The zero-order chi connectivity index (χ0) is 13.4. The van der Waals surface area contributed by atoms with Gasteiger partial charge in [0, 0.05) is 25.8 Å². The predicted octanol–water partition coefficient (Wildman–Crippen LogP) is 2.84. The molecule has 6 heteroatoms. The fraction of sp³-hybridized carbons (Fsp3) is 0.462.